The molecule has 5 nitrogen and oxygen atoms in total. The number of amides is 1. The summed E-state index contributed by atoms with van der Waals surface area (Å²) in [5.74, 6) is 0.856. The van der Waals surface area contributed by atoms with Crippen LogP contribution in [0.5, 0.6) is 0 Å². The van der Waals surface area contributed by atoms with Gasteiger partial charge in [-0.2, -0.15) is 0 Å². The van der Waals surface area contributed by atoms with Gasteiger partial charge in [0.05, 0.1) is 5.25 Å². The first-order valence-electron chi connectivity index (χ1n) is 7.44. The minimum absolute atomic E-state index is 0.0345. The molecule has 0 saturated heterocycles. The van der Waals surface area contributed by atoms with Gasteiger partial charge in [0.25, 0.3) is 0 Å². The highest BCUT2D eigenvalue weighted by Crippen LogP contribution is 2.27. The van der Waals surface area contributed by atoms with Gasteiger partial charge in [0.15, 0.2) is 11.0 Å². The first-order chi connectivity index (χ1) is 10.5. The molecule has 1 N–H and O–H groups in total. The number of hydrogen-bond donors (Lipinski definition) is 1. The second kappa shape index (κ2) is 7.45. The topological polar surface area (TPSA) is 59.8 Å². The van der Waals surface area contributed by atoms with E-state index < -0.39 is 0 Å². The second-order valence-electron chi connectivity index (χ2n) is 5.23. The van der Waals surface area contributed by atoms with E-state index in [0.29, 0.717) is 6.54 Å². The van der Waals surface area contributed by atoms with Crippen LogP contribution in [0, 0.1) is 6.92 Å². The first kappa shape index (κ1) is 16.5. The largest absolute Gasteiger partial charge is 0.355 e. The third-order valence-corrected chi connectivity index (χ3v) is 4.56. The summed E-state index contributed by atoms with van der Waals surface area (Å²) < 4.78 is 1.94. The van der Waals surface area contributed by atoms with Gasteiger partial charge in [-0.15, -0.1) is 10.2 Å². The third kappa shape index (κ3) is 3.68. The van der Waals surface area contributed by atoms with E-state index in [1.54, 1.807) is 0 Å². The van der Waals surface area contributed by atoms with Gasteiger partial charge in [-0.05, 0) is 25.8 Å². The molecule has 1 aromatic carbocycles. The second-order valence-corrected chi connectivity index (χ2v) is 6.54. The molecule has 0 spiro atoms. The summed E-state index contributed by atoms with van der Waals surface area (Å²) in [6, 6.07) is 8.08. The average Bonchev–Trinajstić information content (AvgIpc) is 2.86. The summed E-state index contributed by atoms with van der Waals surface area (Å²) in [6.45, 7) is 6.68. The Bertz CT molecular complexity index is 653. The Morgan fingerprint density at radius 2 is 2.09 bits per heavy atom. The van der Waals surface area contributed by atoms with E-state index in [0.717, 1.165) is 28.5 Å². The highest BCUT2D eigenvalue weighted by Gasteiger charge is 2.19. The standard InChI is InChI=1S/C16H22N4OS/c1-5-10-17-15(21)12(3)22-16-19-18-14(20(16)4)13-9-7-6-8-11(13)2/h6-9,12H,5,10H2,1-4H3,(H,17,21)/t12-/m0/s1. The molecule has 0 aliphatic heterocycles. The quantitative estimate of drug-likeness (QED) is 0.832. The predicted molar refractivity (Wildman–Crippen MR) is 89.8 cm³/mol. The molecule has 1 atom stereocenters. The lowest BCUT2D eigenvalue weighted by Crippen LogP contribution is -2.31. The van der Waals surface area contributed by atoms with E-state index in [9.17, 15) is 4.79 Å². The van der Waals surface area contributed by atoms with Gasteiger partial charge in [0, 0.05) is 19.2 Å². The molecular weight excluding hydrogens is 296 g/mol. The third-order valence-electron chi connectivity index (χ3n) is 3.42. The fourth-order valence-electron chi connectivity index (χ4n) is 2.08. The fourth-order valence-corrected chi connectivity index (χ4v) is 2.92. The molecule has 0 aliphatic rings. The Labute approximate surface area is 135 Å². The molecule has 0 unspecified atom stereocenters. The monoisotopic (exact) mass is 318 g/mol. The number of hydrogen-bond acceptors (Lipinski definition) is 4. The Morgan fingerprint density at radius 1 is 1.36 bits per heavy atom. The highest BCUT2D eigenvalue weighted by molar-refractivity contribution is 8.00. The van der Waals surface area contributed by atoms with Gasteiger partial charge < -0.3 is 9.88 Å². The fraction of sp³-hybridized carbons (Fsp3) is 0.438. The zero-order valence-corrected chi connectivity index (χ0v) is 14.3. The van der Waals surface area contributed by atoms with E-state index in [-0.39, 0.29) is 11.2 Å². The summed E-state index contributed by atoms with van der Waals surface area (Å²) in [5, 5.41) is 12.0. The van der Waals surface area contributed by atoms with Gasteiger partial charge in [-0.1, -0.05) is 43.0 Å². The maximum atomic E-state index is 12.0. The molecule has 1 amide bonds. The van der Waals surface area contributed by atoms with Crippen LogP contribution in [0.1, 0.15) is 25.8 Å². The maximum Gasteiger partial charge on any atom is 0.233 e. The van der Waals surface area contributed by atoms with E-state index in [2.05, 4.69) is 28.5 Å². The Balaban J connectivity index is 2.15. The normalized spacial score (nSPS) is 12.2. The zero-order chi connectivity index (χ0) is 16.1. The Morgan fingerprint density at radius 3 is 2.77 bits per heavy atom. The van der Waals surface area contributed by atoms with Crippen LogP contribution in [-0.2, 0) is 11.8 Å². The smallest absolute Gasteiger partial charge is 0.233 e. The number of carbonyl (C=O) groups is 1. The van der Waals surface area contributed by atoms with Gasteiger partial charge in [-0.3, -0.25) is 4.79 Å². The van der Waals surface area contributed by atoms with Crippen molar-refractivity contribution in [3.63, 3.8) is 0 Å². The van der Waals surface area contributed by atoms with E-state index in [1.807, 2.05) is 43.7 Å². The molecule has 22 heavy (non-hydrogen) atoms. The lowest BCUT2D eigenvalue weighted by atomic mass is 10.1. The van der Waals surface area contributed by atoms with Crippen LogP contribution >= 0.6 is 11.8 Å². The van der Waals surface area contributed by atoms with Crippen LogP contribution in [0.15, 0.2) is 29.4 Å². The molecule has 2 aromatic rings. The van der Waals surface area contributed by atoms with E-state index >= 15 is 0 Å². The van der Waals surface area contributed by atoms with Crippen LogP contribution in [0.25, 0.3) is 11.4 Å². The molecule has 1 heterocycles. The summed E-state index contributed by atoms with van der Waals surface area (Å²) in [4.78, 5) is 12.0. The van der Waals surface area contributed by atoms with Crippen molar-refractivity contribution in [1.82, 2.24) is 20.1 Å². The summed E-state index contributed by atoms with van der Waals surface area (Å²) >= 11 is 1.43. The number of rotatable bonds is 6. The molecular formula is C16H22N4OS. The van der Waals surface area contributed by atoms with Crippen molar-refractivity contribution >= 4 is 17.7 Å². The SMILES string of the molecule is CCCNC(=O)[C@H](C)Sc1nnc(-c2ccccc2C)n1C. The summed E-state index contributed by atoms with van der Waals surface area (Å²) in [7, 11) is 1.93. The first-order valence-corrected chi connectivity index (χ1v) is 8.32. The molecule has 6 heteroatoms. The average molecular weight is 318 g/mol. The lowest BCUT2D eigenvalue weighted by molar-refractivity contribution is -0.120. The Hall–Kier alpha value is -1.82. The van der Waals surface area contributed by atoms with Crippen molar-refractivity contribution < 1.29 is 4.79 Å². The van der Waals surface area contributed by atoms with Crippen LogP contribution in [-0.4, -0.2) is 32.5 Å². The molecule has 118 valence electrons. The number of aryl methyl sites for hydroxylation is 1. The predicted octanol–water partition coefficient (Wildman–Crippen LogP) is 2.80. The number of aromatic nitrogens is 3. The zero-order valence-electron chi connectivity index (χ0n) is 13.5. The molecule has 0 radical (unpaired) electrons. The minimum atomic E-state index is -0.195. The van der Waals surface area contributed by atoms with E-state index in [1.165, 1.54) is 11.8 Å². The molecule has 0 bridgehead atoms. The van der Waals surface area contributed by atoms with Crippen molar-refractivity contribution in [2.45, 2.75) is 37.6 Å². The van der Waals surface area contributed by atoms with Gasteiger partial charge in [0.1, 0.15) is 0 Å². The molecule has 0 aliphatic carbocycles. The van der Waals surface area contributed by atoms with Crippen molar-refractivity contribution in [2.24, 2.45) is 7.05 Å². The maximum absolute atomic E-state index is 12.0. The van der Waals surface area contributed by atoms with Gasteiger partial charge >= 0.3 is 0 Å². The molecule has 1 aromatic heterocycles. The summed E-state index contributed by atoms with van der Waals surface area (Å²) in [5.41, 5.74) is 2.22. The van der Waals surface area contributed by atoms with Crippen LogP contribution in [0.3, 0.4) is 0 Å². The number of carbonyl (C=O) groups excluding carboxylic acids is 1. The van der Waals surface area contributed by atoms with Crippen molar-refractivity contribution in [3.8, 4) is 11.4 Å². The van der Waals surface area contributed by atoms with Crippen LogP contribution in [0.4, 0.5) is 0 Å². The number of nitrogens with one attached hydrogen (secondary N) is 1. The number of nitrogens with zero attached hydrogens (tertiary/aromatic N) is 3. The highest BCUT2D eigenvalue weighted by atomic mass is 32.2. The van der Waals surface area contributed by atoms with Gasteiger partial charge in [0.2, 0.25) is 5.91 Å². The van der Waals surface area contributed by atoms with Crippen LogP contribution in [0.2, 0.25) is 0 Å². The van der Waals surface area contributed by atoms with Gasteiger partial charge in [-0.25, -0.2) is 0 Å². The van der Waals surface area contributed by atoms with E-state index in [4.69, 9.17) is 0 Å². The molecule has 2 rings (SSSR count). The van der Waals surface area contributed by atoms with Crippen molar-refractivity contribution in [1.29, 1.82) is 0 Å². The minimum Gasteiger partial charge on any atom is -0.355 e. The summed E-state index contributed by atoms with van der Waals surface area (Å²) in [6.07, 6.45) is 0.935. The molecule has 0 fully saturated rings. The van der Waals surface area contributed by atoms with Crippen molar-refractivity contribution in [2.75, 3.05) is 6.54 Å². The number of thioether (sulfide) groups is 1. The molecule has 0 saturated carbocycles. The van der Waals surface area contributed by atoms with Crippen LogP contribution < -0.4 is 5.32 Å². The number of benzene rings is 1. The lowest BCUT2D eigenvalue weighted by Gasteiger charge is -2.11. The Kier molecular flexibility index (Phi) is 5.60. The van der Waals surface area contributed by atoms with Crippen molar-refractivity contribution in [3.05, 3.63) is 29.8 Å².